The molecule has 0 aliphatic carbocycles. The predicted molar refractivity (Wildman–Crippen MR) is 76.7 cm³/mol. The van der Waals surface area contributed by atoms with Crippen LogP contribution >= 0.6 is 11.6 Å². The topological polar surface area (TPSA) is 98.0 Å². The average molecular weight is 313 g/mol. The number of nitrogens with one attached hydrogen (secondary N) is 1. The summed E-state index contributed by atoms with van der Waals surface area (Å²) in [5.74, 6) is 0.576. The Labute approximate surface area is 122 Å². The highest BCUT2D eigenvalue weighted by atomic mass is 35.5. The first-order valence-electron chi connectivity index (χ1n) is 5.72. The Bertz CT molecular complexity index is 734. The molecule has 0 radical (unpaired) electrons. The van der Waals surface area contributed by atoms with E-state index in [9.17, 15) is 8.42 Å². The van der Waals surface area contributed by atoms with Crippen LogP contribution in [0.15, 0.2) is 35.4 Å². The van der Waals surface area contributed by atoms with Gasteiger partial charge in [-0.05, 0) is 31.2 Å². The largest absolute Gasteiger partial charge is 0.399 e. The molecule has 0 aliphatic rings. The van der Waals surface area contributed by atoms with Crippen LogP contribution in [0.3, 0.4) is 0 Å². The predicted octanol–water partition coefficient (Wildman–Crippen LogP) is 1.50. The molecule has 106 valence electrons. The van der Waals surface area contributed by atoms with Crippen molar-refractivity contribution in [3.8, 4) is 0 Å². The number of sulfonamides is 1. The molecule has 6 nitrogen and oxygen atoms in total. The maximum absolute atomic E-state index is 12.1. The summed E-state index contributed by atoms with van der Waals surface area (Å²) in [6, 6.07) is 5.88. The van der Waals surface area contributed by atoms with Gasteiger partial charge in [-0.2, -0.15) is 0 Å². The van der Waals surface area contributed by atoms with Crippen LogP contribution in [0, 0.1) is 6.92 Å². The lowest BCUT2D eigenvalue weighted by Gasteiger charge is -2.08. The number of rotatable bonds is 4. The van der Waals surface area contributed by atoms with E-state index in [0.717, 1.165) is 0 Å². The van der Waals surface area contributed by atoms with Gasteiger partial charge < -0.3 is 5.73 Å². The number of nitrogens with two attached hydrogens (primary N) is 1. The van der Waals surface area contributed by atoms with Crippen LogP contribution in [0.4, 0.5) is 5.69 Å². The molecule has 1 heterocycles. The average Bonchev–Trinajstić information content (AvgIpc) is 2.36. The number of nitrogen functional groups attached to an aromatic ring is 1. The van der Waals surface area contributed by atoms with Gasteiger partial charge in [0.05, 0.1) is 17.3 Å². The molecule has 0 atom stereocenters. The molecule has 0 saturated heterocycles. The van der Waals surface area contributed by atoms with E-state index in [2.05, 4.69) is 14.7 Å². The quantitative estimate of drug-likeness (QED) is 0.834. The summed E-state index contributed by atoms with van der Waals surface area (Å²) in [5, 5.41) is 0.0800. The van der Waals surface area contributed by atoms with Gasteiger partial charge in [0.25, 0.3) is 0 Å². The number of hydrogen-bond donors (Lipinski definition) is 2. The zero-order valence-corrected chi connectivity index (χ0v) is 12.2. The molecule has 1 aromatic carbocycles. The molecule has 0 fully saturated rings. The second-order valence-electron chi connectivity index (χ2n) is 4.11. The third-order valence-electron chi connectivity index (χ3n) is 2.52. The lowest BCUT2D eigenvalue weighted by molar-refractivity contribution is 0.580. The molecule has 1 aromatic heterocycles. The van der Waals surface area contributed by atoms with Gasteiger partial charge in [-0.25, -0.2) is 23.1 Å². The Morgan fingerprint density at radius 3 is 2.75 bits per heavy atom. The van der Waals surface area contributed by atoms with Gasteiger partial charge in [-0.15, -0.1) is 0 Å². The third kappa shape index (κ3) is 3.44. The van der Waals surface area contributed by atoms with Crippen LogP contribution in [0.5, 0.6) is 0 Å². The summed E-state index contributed by atoms with van der Waals surface area (Å²) in [6.45, 7) is 1.79. The highest BCUT2D eigenvalue weighted by molar-refractivity contribution is 7.89. The number of aromatic nitrogens is 2. The van der Waals surface area contributed by atoms with Gasteiger partial charge >= 0.3 is 0 Å². The number of hydrogen-bond acceptors (Lipinski definition) is 5. The fraction of sp³-hybridized carbons (Fsp3) is 0.167. The maximum Gasteiger partial charge on any atom is 0.242 e. The van der Waals surface area contributed by atoms with E-state index in [-0.39, 0.29) is 16.5 Å². The molecule has 0 aliphatic heterocycles. The highest BCUT2D eigenvalue weighted by Gasteiger charge is 2.17. The highest BCUT2D eigenvalue weighted by Crippen LogP contribution is 2.23. The summed E-state index contributed by atoms with van der Waals surface area (Å²) in [6.07, 6.45) is 1.57. The van der Waals surface area contributed by atoms with Crippen LogP contribution in [-0.4, -0.2) is 18.4 Å². The van der Waals surface area contributed by atoms with E-state index < -0.39 is 10.0 Å². The van der Waals surface area contributed by atoms with Crippen LogP contribution in [0.1, 0.15) is 11.5 Å². The summed E-state index contributed by atoms with van der Waals surface area (Å²) in [5.41, 5.74) is 6.52. The van der Waals surface area contributed by atoms with Gasteiger partial charge in [-0.1, -0.05) is 11.6 Å². The van der Waals surface area contributed by atoms with Crippen LogP contribution in [0.2, 0.25) is 5.02 Å². The van der Waals surface area contributed by atoms with E-state index in [1.165, 1.54) is 18.2 Å². The molecule has 20 heavy (non-hydrogen) atoms. The zero-order valence-electron chi connectivity index (χ0n) is 10.7. The standard InChI is InChI=1S/C12H13ClN4O2S/c1-8-15-5-4-10(17-8)7-16-20(18,19)12-3-2-9(14)6-11(12)13/h2-6,16H,7,14H2,1H3. The van der Waals surface area contributed by atoms with E-state index in [1.54, 1.807) is 19.2 Å². The summed E-state index contributed by atoms with van der Waals surface area (Å²) >= 11 is 5.90. The van der Waals surface area contributed by atoms with Gasteiger partial charge in [0.1, 0.15) is 10.7 Å². The Morgan fingerprint density at radius 2 is 2.10 bits per heavy atom. The van der Waals surface area contributed by atoms with Crippen molar-refractivity contribution >= 4 is 27.3 Å². The minimum absolute atomic E-state index is 0.0147. The van der Waals surface area contributed by atoms with Crippen LogP contribution < -0.4 is 10.5 Å². The maximum atomic E-state index is 12.1. The number of aryl methyl sites for hydroxylation is 1. The molecule has 2 rings (SSSR count). The van der Waals surface area contributed by atoms with Crippen molar-refractivity contribution in [1.82, 2.24) is 14.7 Å². The number of halogens is 1. The minimum Gasteiger partial charge on any atom is -0.399 e. The van der Waals surface area contributed by atoms with Crippen molar-refractivity contribution in [2.45, 2.75) is 18.4 Å². The molecule has 0 bridgehead atoms. The molecule has 0 spiro atoms. The van der Waals surface area contributed by atoms with Gasteiger partial charge in [0.2, 0.25) is 10.0 Å². The second kappa shape index (κ2) is 5.74. The van der Waals surface area contributed by atoms with Gasteiger partial charge in [-0.3, -0.25) is 0 Å². The molecular formula is C12H13ClN4O2S. The fourth-order valence-electron chi connectivity index (χ4n) is 1.59. The Kier molecular flexibility index (Phi) is 4.22. The normalized spacial score (nSPS) is 11.5. The monoisotopic (exact) mass is 312 g/mol. The Balaban J connectivity index is 2.19. The SMILES string of the molecule is Cc1nccc(CNS(=O)(=O)c2ccc(N)cc2Cl)n1. The lowest BCUT2D eigenvalue weighted by atomic mass is 10.3. The van der Waals surface area contributed by atoms with Crippen LogP contribution in [0.25, 0.3) is 0 Å². The van der Waals surface area contributed by atoms with E-state index in [4.69, 9.17) is 17.3 Å². The van der Waals surface area contributed by atoms with E-state index in [1.807, 2.05) is 0 Å². The summed E-state index contributed by atoms with van der Waals surface area (Å²) in [4.78, 5) is 8.04. The summed E-state index contributed by atoms with van der Waals surface area (Å²) < 4.78 is 26.7. The molecule has 3 N–H and O–H groups in total. The van der Waals surface area contributed by atoms with Crippen molar-refractivity contribution in [1.29, 1.82) is 0 Å². The van der Waals surface area contributed by atoms with Crippen LogP contribution in [-0.2, 0) is 16.6 Å². The smallest absolute Gasteiger partial charge is 0.242 e. The number of benzene rings is 1. The van der Waals surface area contributed by atoms with Gasteiger partial charge in [0.15, 0.2) is 0 Å². The molecule has 8 heteroatoms. The van der Waals surface area contributed by atoms with Crippen molar-refractivity contribution in [2.75, 3.05) is 5.73 Å². The van der Waals surface area contributed by atoms with Crippen molar-refractivity contribution in [3.63, 3.8) is 0 Å². The molecule has 0 saturated carbocycles. The molecule has 0 amide bonds. The summed E-state index contributed by atoms with van der Waals surface area (Å²) in [7, 11) is -3.72. The first-order chi connectivity index (χ1) is 9.38. The third-order valence-corrected chi connectivity index (χ3v) is 4.41. The first-order valence-corrected chi connectivity index (χ1v) is 7.58. The number of anilines is 1. The van der Waals surface area contributed by atoms with Crippen molar-refractivity contribution in [2.24, 2.45) is 0 Å². The second-order valence-corrected chi connectivity index (χ2v) is 6.25. The lowest BCUT2D eigenvalue weighted by Crippen LogP contribution is -2.24. The number of nitrogens with zero attached hydrogens (tertiary/aromatic N) is 2. The molecular weight excluding hydrogens is 300 g/mol. The van der Waals surface area contributed by atoms with E-state index >= 15 is 0 Å². The minimum atomic E-state index is -3.72. The van der Waals surface area contributed by atoms with Gasteiger partial charge in [0, 0.05) is 11.9 Å². The van der Waals surface area contributed by atoms with Crippen molar-refractivity contribution < 1.29 is 8.42 Å². The zero-order chi connectivity index (χ0) is 14.8. The fourth-order valence-corrected chi connectivity index (χ4v) is 3.14. The Morgan fingerprint density at radius 1 is 1.35 bits per heavy atom. The van der Waals surface area contributed by atoms with Crippen molar-refractivity contribution in [3.05, 3.63) is 47.0 Å². The molecule has 0 unspecified atom stereocenters. The van der Waals surface area contributed by atoms with E-state index in [0.29, 0.717) is 17.2 Å². The molecule has 2 aromatic rings. The first kappa shape index (κ1) is 14.7. The Hall–Kier alpha value is -1.70.